The van der Waals surface area contributed by atoms with Crippen LogP contribution in [0, 0.1) is 5.41 Å². The van der Waals surface area contributed by atoms with E-state index in [4.69, 9.17) is 10.2 Å². The molecule has 0 atom stereocenters. The molecule has 0 aromatic rings. The van der Waals surface area contributed by atoms with Crippen LogP contribution in [0.15, 0.2) is 0 Å². The number of hydrogen-bond acceptors (Lipinski definition) is 5. The number of nitrogens with one attached hydrogen (secondary N) is 1. The van der Waals surface area contributed by atoms with Gasteiger partial charge in [0.1, 0.15) is 12.6 Å². The number of rotatable bonds is 3. The highest BCUT2D eigenvalue weighted by atomic mass is 16.1. The third-order valence-corrected chi connectivity index (χ3v) is 0.573. The van der Waals surface area contributed by atoms with E-state index in [2.05, 4.69) is 0 Å². The Hall–Kier alpha value is -1.32. The topological polar surface area (TPSA) is 110 Å². The highest BCUT2D eigenvalue weighted by Crippen LogP contribution is 1.74. The number of unbranched alkanes of at least 4 members (excludes halogenated alkanes) is 1. The van der Waals surface area contributed by atoms with Crippen LogP contribution >= 0.6 is 0 Å². The maximum atomic E-state index is 9.40. The second-order valence-corrected chi connectivity index (χ2v) is 1.63. The van der Waals surface area contributed by atoms with Crippen LogP contribution in [0.25, 0.3) is 0 Å². The number of hydrogen-bond donors (Lipinski definition) is 2. The summed E-state index contributed by atoms with van der Waals surface area (Å²) in [5.74, 6) is 0. The number of carbonyl (C=O) groups is 2. The zero-order valence-corrected chi connectivity index (χ0v) is 8.21. The highest BCUT2D eigenvalue weighted by molar-refractivity contribution is 5.48. The first-order valence-corrected chi connectivity index (χ1v) is 3.66. The Labute approximate surface area is 108 Å². The number of aldehydes is 2. The van der Waals surface area contributed by atoms with Gasteiger partial charge in [-0.1, -0.05) is 43.6 Å². The molecule has 17 heavy (non-hydrogen) atoms. The Balaban J connectivity index is -0.0000000106. The molecule has 0 saturated heterocycles. The Morgan fingerprint density at radius 2 is 1.24 bits per heavy atom. The van der Waals surface area contributed by atoms with Gasteiger partial charge < -0.3 is 15.7 Å². The van der Waals surface area contributed by atoms with Crippen molar-refractivity contribution in [2.24, 2.45) is 0 Å². The molecule has 0 aliphatic heterocycles. The smallest absolute Gasteiger partial charge is 0.231 e. The molecule has 0 spiro atoms. The number of carbonyl (C=O) groups excluding carboxylic acids is 3. The van der Waals surface area contributed by atoms with Crippen LogP contribution in [-0.2, 0) is 14.4 Å². The van der Waals surface area contributed by atoms with Gasteiger partial charge in [-0.25, -0.2) is 10.2 Å². The van der Waals surface area contributed by atoms with E-state index in [0.29, 0.717) is 12.8 Å². The van der Waals surface area contributed by atoms with Crippen molar-refractivity contribution < 1.29 is 14.4 Å². The standard InChI is InChI=1S/C4H8O.C3H6O.CHNO.4CH4.H3N/c1-2-3-4-5;1-2-3-4;2-1-3;;;;;/h4H,2-3H2,1H3;3H,2H2,1H3;2H;4*1H4;1H3. The summed E-state index contributed by atoms with van der Waals surface area (Å²) in [4.78, 5) is 26.9. The van der Waals surface area contributed by atoms with E-state index in [1.54, 1.807) is 0 Å². The van der Waals surface area contributed by atoms with Crippen molar-refractivity contribution in [2.75, 3.05) is 0 Å². The van der Waals surface area contributed by atoms with Crippen LogP contribution in [0.3, 0.4) is 0 Å². The molecule has 0 bridgehead atoms. The van der Waals surface area contributed by atoms with Crippen molar-refractivity contribution in [3.05, 3.63) is 0 Å². The summed E-state index contributed by atoms with van der Waals surface area (Å²) < 4.78 is 0. The second-order valence-electron chi connectivity index (χ2n) is 1.63. The van der Waals surface area contributed by atoms with E-state index >= 15 is 0 Å². The van der Waals surface area contributed by atoms with Gasteiger partial charge in [0, 0.05) is 12.8 Å². The van der Waals surface area contributed by atoms with Crippen molar-refractivity contribution in [3.63, 3.8) is 0 Å². The minimum Gasteiger partial charge on any atom is -0.344 e. The van der Waals surface area contributed by atoms with Crippen molar-refractivity contribution in [3.8, 4) is 0 Å². The molecule has 0 rings (SSSR count). The molecule has 5 nitrogen and oxygen atoms in total. The molecule has 0 amide bonds. The average molecular weight is 254 g/mol. The molecular formula is C12H34N2O3. The van der Waals surface area contributed by atoms with Gasteiger partial charge in [-0.15, -0.1) is 0 Å². The maximum Gasteiger partial charge on any atom is 0.231 e. The molecule has 0 aliphatic carbocycles. The second kappa shape index (κ2) is 125. The Bertz CT molecular complexity index is 123. The van der Waals surface area contributed by atoms with Crippen LogP contribution in [0.1, 0.15) is 62.8 Å². The molecular weight excluding hydrogens is 220 g/mol. The lowest BCUT2D eigenvalue weighted by Gasteiger charge is -1.68. The maximum absolute atomic E-state index is 9.40. The predicted molar refractivity (Wildman–Crippen MR) is 77.7 cm³/mol. The van der Waals surface area contributed by atoms with Crippen LogP contribution in [0.4, 0.5) is 0 Å². The molecule has 0 aromatic carbocycles. The van der Waals surface area contributed by atoms with Gasteiger partial charge in [-0.3, -0.25) is 0 Å². The predicted octanol–water partition coefficient (Wildman–Crippen LogP) is 4.19. The first-order chi connectivity index (χ1) is 5.74. The van der Waals surface area contributed by atoms with Gasteiger partial charge in [-0.2, -0.15) is 0 Å². The Kier molecular flexibility index (Phi) is 423. The molecule has 0 unspecified atom stereocenters. The van der Waals surface area contributed by atoms with Crippen LogP contribution in [-0.4, -0.2) is 18.7 Å². The molecule has 0 aromatic heterocycles. The van der Waals surface area contributed by atoms with Crippen LogP contribution < -0.4 is 6.15 Å². The largest absolute Gasteiger partial charge is 0.344 e. The molecule has 110 valence electrons. The fraction of sp³-hybridized carbons (Fsp3) is 0.750. The van der Waals surface area contributed by atoms with Crippen molar-refractivity contribution in [1.82, 2.24) is 6.15 Å². The van der Waals surface area contributed by atoms with Crippen LogP contribution in [0.2, 0.25) is 0 Å². The van der Waals surface area contributed by atoms with Crippen molar-refractivity contribution in [2.45, 2.75) is 62.8 Å². The third kappa shape index (κ3) is 836. The summed E-state index contributed by atoms with van der Waals surface area (Å²) in [6.07, 6.45) is 4.88. The average Bonchev–Trinajstić information content (AvgIpc) is 2.08. The lowest BCUT2D eigenvalue weighted by Crippen LogP contribution is -1.64. The summed E-state index contributed by atoms with van der Waals surface area (Å²) in [5.41, 5.74) is 0. The van der Waals surface area contributed by atoms with E-state index in [9.17, 15) is 9.59 Å². The summed E-state index contributed by atoms with van der Waals surface area (Å²) in [5, 5.41) is 5.40. The Morgan fingerprint density at radius 1 is 1.00 bits per heavy atom. The minimum atomic E-state index is 0. The van der Waals surface area contributed by atoms with Gasteiger partial charge in [0.05, 0.1) is 0 Å². The molecule has 0 radical (unpaired) electrons. The van der Waals surface area contributed by atoms with Gasteiger partial charge in [-0.05, 0) is 6.42 Å². The molecule has 5 heteroatoms. The first kappa shape index (κ1) is 57.3. The van der Waals surface area contributed by atoms with E-state index in [-0.39, 0.29) is 35.9 Å². The zero-order chi connectivity index (χ0) is 10.2. The first-order valence-electron chi connectivity index (χ1n) is 3.66. The van der Waals surface area contributed by atoms with Gasteiger partial charge in [0.2, 0.25) is 6.08 Å². The zero-order valence-electron chi connectivity index (χ0n) is 8.21. The summed E-state index contributed by atoms with van der Waals surface area (Å²) in [6, 6.07) is 0. The van der Waals surface area contributed by atoms with E-state index in [1.807, 2.05) is 13.8 Å². The summed E-state index contributed by atoms with van der Waals surface area (Å²) >= 11 is 0. The molecule has 0 fully saturated rings. The van der Waals surface area contributed by atoms with Crippen molar-refractivity contribution in [1.29, 1.82) is 5.41 Å². The fourth-order valence-electron chi connectivity index (χ4n) is 0.118. The molecule has 0 heterocycles. The third-order valence-electron chi connectivity index (χ3n) is 0.573. The van der Waals surface area contributed by atoms with Gasteiger partial charge >= 0.3 is 0 Å². The SMILES string of the molecule is C.C.C.C.CCC=O.CCCC=O.N.N=C=O. The lowest BCUT2D eigenvalue weighted by molar-refractivity contribution is -0.108. The van der Waals surface area contributed by atoms with E-state index in [0.717, 1.165) is 25.1 Å². The van der Waals surface area contributed by atoms with E-state index < -0.39 is 0 Å². The van der Waals surface area contributed by atoms with Gasteiger partial charge in [0.25, 0.3) is 0 Å². The minimum absolute atomic E-state index is 0. The normalized spacial score (nSPS) is 4.12. The highest BCUT2D eigenvalue weighted by Gasteiger charge is 1.66. The van der Waals surface area contributed by atoms with Crippen LogP contribution in [0.5, 0.6) is 0 Å². The molecule has 4 N–H and O–H groups in total. The monoisotopic (exact) mass is 254 g/mol. The number of isocyanates is 1. The van der Waals surface area contributed by atoms with Crippen molar-refractivity contribution >= 4 is 18.7 Å². The Morgan fingerprint density at radius 3 is 1.24 bits per heavy atom. The molecule has 0 aliphatic rings. The quantitative estimate of drug-likeness (QED) is 0.447. The van der Waals surface area contributed by atoms with Gasteiger partial charge in [0.15, 0.2) is 0 Å². The summed E-state index contributed by atoms with van der Waals surface area (Å²) in [7, 11) is 0. The van der Waals surface area contributed by atoms with E-state index in [1.165, 1.54) is 0 Å². The fourth-order valence-corrected chi connectivity index (χ4v) is 0.118. The lowest BCUT2D eigenvalue weighted by atomic mass is 10.4. The summed E-state index contributed by atoms with van der Waals surface area (Å²) in [6.45, 7) is 3.79. The molecule has 0 saturated carbocycles.